The summed E-state index contributed by atoms with van der Waals surface area (Å²) in [6.45, 7) is 2.27. The summed E-state index contributed by atoms with van der Waals surface area (Å²) in [5.41, 5.74) is 0. The first-order valence-corrected chi connectivity index (χ1v) is 7.51. The second-order valence-electron chi connectivity index (χ2n) is 3.92. The molecular formula is C10H23LiO4S. The summed E-state index contributed by atoms with van der Waals surface area (Å²) in [5.74, 6) is 0. The van der Waals surface area contributed by atoms with Gasteiger partial charge in [-0.15, -0.1) is 0 Å². The number of unbranched alkanes of at least 4 members (excludes halogenated alkanes) is 7. The zero-order valence-corrected chi connectivity index (χ0v) is 11.3. The van der Waals surface area contributed by atoms with Crippen molar-refractivity contribution in [2.45, 2.75) is 63.4 Å². The Bertz CT molecular complexity index is 201. The molecule has 0 bridgehead atoms. The van der Waals surface area contributed by atoms with Crippen molar-refractivity contribution in [2.75, 3.05) is 0 Å². The molecule has 0 heterocycles. The van der Waals surface area contributed by atoms with Crippen LogP contribution in [0.3, 0.4) is 0 Å². The van der Waals surface area contributed by atoms with Crippen LogP contribution in [0.15, 0.2) is 0 Å². The van der Waals surface area contributed by atoms with Gasteiger partial charge in [0.2, 0.25) is 0 Å². The monoisotopic (exact) mass is 246 g/mol. The van der Waals surface area contributed by atoms with Crippen molar-refractivity contribution in [2.24, 2.45) is 0 Å². The summed E-state index contributed by atoms with van der Waals surface area (Å²) in [6.07, 6.45) is 11.6. The fraction of sp³-hybridized carbons (Fsp3) is 1.00. The van der Waals surface area contributed by atoms with E-state index in [-0.39, 0.29) is 0 Å². The standard InChI is InChI=1S/C10H21.Li.H2O4S/c1-3-5-7-9-10-8-6-4-2;;1-5(2,3)4/h1,3-10H2,2H3;;(H2,1,2,3,4). The van der Waals surface area contributed by atoms with E-state index in [2.05, 4.69) is 24.6 Å². The Morgan fingerprint density at radius 3 is 1.50 bits per heavy atom. The van der Waals surface area contributed by atoms with Gasteiger partial charge in [0.25, 0.3) is 0 Å². The summed E-state index contributed by atoms with van der Waals surface area (Å²) < 4.78 is 31.6. The minimum atomic E-state index is -4.67. The van der Waals surface area contributed by atoms with E-state index in [1.807, 2.05) is 0 Å². The molecule has 0 rings (SSSR count). The molecule has 0 atom stereocenters. The second-order valence-corrected chi connectivity index (χ2v) is 4.82. The summed E-state index contributed by atoms with van der Waals surface area (Å²) in [6, 6.07) is 0. The maximum absolute atomic E-state index is 8.74. The van der Waals surface area contributed by atoms with Crippen LogP contribution in [0.2, 0.25) is 5.09 Å². The van der Waals surface area contributed by atoms with Gasteiger partial charge in [-0.3, -0.25) is 9.11 Å². The van der Waals surface area contributed by atoms with Crippen LogP contribution < -0.4 is 0 Å². The minimum absolute atomic E-state index is 1.37. The Labute approximate surface area is 109 Å². The van der Waals surface area contributed by atoms with E-state index in [4.69, 9.17) is 17.5 Å². The first kappa shape index (κ1) is 18.8. The van der Waals surface area contributed by atoms with E-state index >= 15 is 0 Å². The Hall–Kier alpha value is 0.467. The molecule has 94 valence electrons. The molecule has 16 heavy (non-hydrogen) atoms. The number of hydrogen-bond donors (Lipinski definition) is 2. The van der Waals surface area contributed by atoms with Crippen molar-refractivity contribution in [3.05, 3.63) is 0 Å². The topological polar surface area (TPSA) is 74.6 Å². The second kappa shape index (κ2) is 13.5. The molecule has 0 aromatic heterocycles. The quantitative estimate of drug-likeness (QED) is 0.392. The Balaban J connectivity index is 0. The van der Waals surface area contributed by atoms with E-state index in [1.54, 1.807) is 0 Å². The third-order valence-corrected chi connectivity index (χ3v) is 2.21. The van der Waals surface area contributed by atoms with Crippen molar-refractivity contribution in [1.82, 2.24) is 0 Å². The van der Waals surface area contributed by atoms with Gasteiger partial charge >= 0.3 is 91.5 Å². The third kappa shape index (κ3) is 36.6. The van der Waals surface area contributed by atoms with Crippen LogP contribution >= 0.6 is 0 Å². The maximum atomic E-state index is 8.74. The first-order chi connectivity index (χ1) is 7.41. The Kier molecular flexibility index (Phi) is 15.9. The summed E-state index contributed by atoms with van der Waals surface area (Å²) in [4.78, 5) is 0. The van der Waals surface area contributed by atoms with Gasteiger partial charge in [-0.1, -0.05) is 0 Å². The van der Waals surface area contributed by atoms with Crippen LogP contribution in [0.5, 0.6) is 0 Å². The van der Waals surface area contributed by atoms with E-state index in [0.29, 0.717) is 0 Å². The molecule has 0 radical (unpaired) electrons. The molecule has 0 aromatic carbocycles. The number of rotatable bonds is 8. The van der Waals surface area contributed by atoms with Crippen molar-refractivity contribution in [3.8, 4) is 0 Å². The molecule has 0 saturated carbocycles. The van der Waals surface area contributed by atoms with Gasteiger partial charge in [-0.05, 0) is 0 Å². The predicted octanol–water partition coefficient (Wildman–Crippen LogP) is 3.06. The van der Waals surface area contributed by atoms with Crippen LogP contribution in [0.25, 0.3) is 0 Å². The van der Waals surface area contributed by atoms with Gasteiger partial charge < -0.3 is 0 Å². The molecule has 2 N–H and O–H groups in total. The molecule has 4 nitrogen and oxygen atoms in total. The van der Waals surface area contributed by atoms with Crippen molar-refractivity contribution in [3.63, 3.8) is 0 Å². The fourth-order valence-corrected chi connectivity index (χ4v) is 1.38. The van der Waals surface area contributed by atoms with Gasteiger partial charge in [-0.25, -0.2) is 0 Å². The summed E-state index contributed by atoms with van der Waals surface area (Å²) >= 11 is 2.27. The van der Waals surface area contributed by atoms with Crippen LogP contribution in [0, 0.1) is 0 Å². The molecule has 0 fully saturated rings. The molecule has 6 heteroatoms. The molecule has 0 unspecified atom stereocenters. The molecule has 0 aromatic rings. The van der Waals surface area contributed by atoms with E-state index in [0.717, 1.165) is 0 Å². The van der Waals surface area contributed by atoms with Crippen LogP contribution in [-0.4, -0.2) is 35.2 Å². The van der Waals surface area contributed by atoms with Gasteiger partial charge in [0.05, 0.1) is 0 Å². The molecule has 0 amide bonds. The van der Waals surface area contributed by atoms with Crippen molar-refractivity contribution in [1.29, 1.82) is 0 Å². The Morgan fingerprint density at radius 1 is 0.875 bits per heavy atom. The molecule has 0 saturated heterocycles. The van der Waals surface area contributed by atoms with Gasteiger partial charge in [0, 0.05) is 0 Å². The predicted molar refractivity (Wildman–Crippen MR) is 67.3 cm³/mol. The van der Waals surface area contributed by atoms with Crippen molar-refractivity contribution < 1.29 is 17.5 Å². The molecule has 0 spiro atoms. The zero-order chi connectivity index (χ0) is 12.9. The average molecular weight is 246 g/mol. The summed E-state index contributed by atoms with van der Waals surface area (Å²) in [5, 5.41) is 1.37. The molecule has 0 aliphatic heterocycles. The third-order valence-electron chi connectivity index (χ3n) is 2.21. The molecular weight excluding hydrogens is 223 g/mol. The SMILES string of the molecule is O=S(=O)(O)O.[Li][CH2]CCCCCCCCC. The van der Waals surface area contributed by atoms with Gasteiger partial charge in [0.1, 0.15) is 0 Å². The van der Waals surface area contributed by atoms with Crippen molar-refractivity contribution >= 4 is 28.1 Å². The van der Waals surface area contributed by atoms with Crippen LogP contribution in [0.1, 0.15) is 58.3 Å². The summed E-state index contributed by atoms with van der Waals surface area (Å²) in [7, 11) is -4.67. The fourth-order valence-electron chi connectivity index (χ4n) is 1.38. The Morgan fingerprint density at radius 2 is 1.19 bits per heavy atom. The van der Waals surface area contributed by atoms with E-state index in [1.165, 1.54) is 56.5 Å². The zero-order valence-electron chi connectivity index (χ0n) is 10.5. The first-order valence-electron chi connectivity index (χ1n) is 6.11. The van der Waals surface area contributed by atoms with Gasteiger partial charge in [-0.2, -0.15) is 8.42 Å². The number of hydrogen-bond acceptors (Lipinski definition) is 2. The van der Waals surface area contributed by atoms with E-state index in [9.17, 15) is 0 Å². The molecule has 0 aliphatic rings. The van der Waals surface area contributed by atoms with Crippen LogP contribution in [0.4, 0.5) is 0 Å². The molecule has 0 aliphatic carbocycles. The van der Waals surface area contributed by atoms with E-state index < -0.39 is 10.4 Å². The average Bonchev–Trinajstić information content (AvgIpc) is 2.14. The van der Waals surface area contributed by atoms with Gasteiger partial charge in [0.15, 0.2) is 0 Å². The normalized spacial score (nSPS) is 10.8. The van der Waals surface area contributed by atoms with Crippen LogP contribution in [-0.2, 0) is 10.4 Å².